The lowest BCUT2D eigenvalue weighted by molar-refractivity contribution is 0.807. The molecule has 1 N–H and O–H groups in total. The lowest BCUT2D eigenvalue weighted by Crippen LogP contribution is -2.18. The number of fused-ring (bicyclic) bond motifs is 1. The lowest BCUT2D eigenvalue weighted by Gasteiger charge is -2.11. The molecule has 0 aliphatic carbocycles. The van der Waals surface area contributed by atoms with Gasteiger partial charge < -0.3 is 5.32 Å². The smallest absolute Gasteiger partial charge is 0.145 e. The van der Waals surface area contributed by atoms with Gasteiger partial charge in [0.1, 0.15) is 5.82 Å². The van der Waals surface area contributed by atoms with Gasteiger partial charge in [-0.2, -0.15) is 11.8 Å². The minimum absolute atomic E-state index is 0.556. The number of hydrogen-bond donors (Lipinski definition) is 1. The first-order chi connectivity index (χ1) is 7.92. The lowest BCUT2D eigenvalue weighted by atomic mass is 10.2. The van der Waals surface area contributed by atoms with E-state index in [0.717, 1.165) is 16.9 Å². The molecule has 1 aliphatic rings. The molecule has 0 saturated carbocycles. The fourth-order valence-electron chi connectivity index (χ4n) is 1.88. The van der Waals surface area contributed by atoms with Crippen molar-refractivity contribution >= 4 is 28.6 Å². The summed E-state index contributed by atoms with van der Waals surface area (Å²) in [6.07, 6.45) is 3.05. The summed E-state index contributed by atoms with van der Waals surface area (Å²) in [5, 5.41) is 3.44. The highest BCUT2D eigenvalue weighted by molar-refractivity contribution is 7.99. The van der Waals surface area contributed by atoms with Crippen molar-refractivity contribution < 1.29 is 0 Å². The number of nitrogens with zero attached hydrogens (tertiary/aromatic N) is 2. The first-order valence-electron chi connectivity index (χ1n) is 5.48. The summed E-state index contributed by atoms with van der Waals surface area (Å²) < 4.78 is 0. The minimum Gasteiger partial charge on any atom is -0.365 e. The predicted octanol–water partition coefficient (Wildman–Crippen LogP) is 2.55. The van der Waals surface area contributed by atoms with Crippen molar-refractivity contribution in [2.24, 2.45) is 0 Å². The van der Waals surface area contributed by atoms with E-state index in [0.29, 0.717) is 6.04 Å². The van der Waals surface area contributed by atoms with Crippen LogP contribution in [0.5, 0.6) is 0 Å². The van der Waals surface area contributed by atoms with Gasteiger partial charge in [0.05, 0.1) is 17.2 Å². The molecule has 1 fully saturated rings. The van der Waals surface area contributed by atoms with Gasteiger partial charge >= 0.3 is 0 Å². The molecule has 2 heterocycles. The Balaban J connectivity index is 1.86. The molecule has 0 bridgehead atoms. The molecule has 3 nitrogen and oxygen atoms in total. The quantitative estimate of drug-likeness (QED) is 0.862. The molecule has 1 unspecified atom stereocenters. The van der Waals surface area contributed by atoms with Crippen LogP contribution in [0.15, 0.2) is 30.5 Å². The van der Waals surface area contributed by atoms with Crippen LogP contribution in [0, 0.1) is 0 Å². The fraction of sp³-hybridized carbons (Fsp3) is 0.333. The summed E-state index contributed by atoms with van der Waals surface area (Å²) in [7, 11) is 0. The topological polar surface area (TPSA) is 37.8 Å². The molecule has 16 heavy (non-hydrogen) atoms. The monoisotopic (exact) mass is 231 g/mol. The molecule has 1 atom stereocenters. The number of hydrogen-bond acceptors (Lipinski definition) is 4. The first kappa shape index (κ1) is 9.90. The number of aromatic nitrogens is 2. The first-order valence-corrected chi connectivity index (χ1v) is 6.63. The maximum Gasteiger partial charge on any atom is 0.145 e. The van der Waals surface area contributed by atoms with E-state index < -0.39 is 0 Å². The van der Waals surface area contributed by atoms with Gasteiger partial charge in [-0.1, -0.05) is 12.1 Å². The molecule has 1 aliphatic heterocycles. The third-order valence-corrected chi connectivity index (χ3v) is 3.89. The van der Waals surface area contributed by atoms with Crippen molar-refractivity contribution in [1.82, 2.24) is 9.97 Å². The average Bonchev–Trinajstić information content (AvgIpc) is 2.82. The second kappa shape index (κ2) is 4.29. The van der Waals surface area contributed by atoms with Gasteiger partial charge in [-0.3, -0.25) is 4.98 Å². The predicted molar refractivity (Wildman–Crippen MR) is 68.9 cm³/mol. The van der Waals surface area contributed by atoms with E-state index in [1.807, 2.05) is 42.2 Å². The zero-order valence-corrected chi connectivity index (χ0v) is 9.70. The van der Waals surface area contributed by atoms with E-state index in [9.17, 15) is 0 Å². The Labute approximate surface area is 98.7 Å². The van der Waals surface area contributed by atoms with Gasteiger partial charge in [-0.15, -0.1) is 0 Å². The van der Waals surface area contributed by atoms with Crippen LogP contribution in [0.2, 0.25) is 0 Å². The van der Waals surface area contributed by atoms with E-state index in [-0.39, 0.29) is 0 Å². The maximum atomic E-state index is 4.56. The maximum absolute atomic E-state index is 4.56. The van der Waals surface area contributed by atoms with Crippen LogP contribution < -0.4 is 5.32 Å². The Morgan fingerprint density at radius 3 is 2.94 bits per heavy atom. The molecule has 4 heteroatoms. The molecular weight excluding hydrogens is 218 g/mol. The molecule has 0 amide bonds. The Bertz CT molecular complexity index is 494. The van der Waals surface area contributed by atoms with E-state index in [2.05, 4.69) is 15.3 Å². The zero-order valence-electron chi connectivity index (χ0n) is 8.89. The second-order valence-corrected chi connectivity index (χ2v) is 5.10. The van der Waals surface area contributed by atoms with Crippen molar-refractivity contribution in [2.45, 2.75) is 12.5 Å². The second-order valence-electron chi connectivity index (χ2n) is 3.95. The molecule has 1 aromatic heterocycles. The van der Waals surface area contributed by atoms with Crippen LogP contribution in [0.3, 0.4) is 0 Å². The highest BCUT2D eigenvalue weighted by atomic mass is 32.2. The Morgan fingerprint density at radius 2 is 2.12 bits per heavy atom. The SMILES string of the molecule is c1ccc2nc(NC3CCSC3)cnc2c1. The summed E-state index contributed by atoms with van der Waals surface area (Å²) in [6, 6.07) is 8.51. The van der Waals surface area contributed by atoms with E-state index in [1.165, 1.54) is 17.9 Å². The average molecular weight is 231 g/mol. The molecule has 0 radical (unpaired) electrons. The normalized spacial score (nSPS) is 20.1. The molecular formula is C12H13N3S. The van der Waals surface area contributed by atoms with Crippen LogP contribution in [-0.2, 0) is 0 Å². The van der Waals surface area contributed by atoms with Crippen LogP contribution in [0.25, 0.3) is 11.0 Å². The van der Waals surface area contributed by atoms with Crippen LogP contribution in [0.1, 0.15) is 6.42 Å². The number of thioether (sulfide) groups is 1. The largest absolute Gasteiger partial charge is 0.365 e. The van der Waals surface area contributed by atoms with E-state index in [1.54, 1.807) is 0 Å². The molecule has 0 spiro atoms. The summed E-state index contributed by atoms with van der Waals surface area (Å²) in [5.41, 5.74) is 1.91. The summed E-state index contributed by atoms with van der Waals surface area (Å²) in [4.78, 5) is 8.95. The zero-order chi connectivity index (χ0) is 10.8. The van der Waals surface area contributed by atoms with E-state index >= 15 is 0 Å². The van der Waals surface area contributed by atoms with Gasteiger partial charge in [-0.05, 0) is 24.3 Å². The van der Waals surface area contributed by atoms with Crippen molar-refractivity contribution in [3.8, 4) is 0 Å². The fourth-order valence-corrected chi connectivity index (χ4v) is 3.04. The molecule has 3 rings (SSSR count). The summed E-state index contributed by atoms with van der Waals surface area (Å²) in [6.45, 7) is 0. The van der Waals surface area contributed by atoms with Crippen LogP contribution in [-0.4, -0.2) is 27.5 Å². The Hall–Kier alpha value is -1.29. The minimum atomic E-state index is 0.556. The standard InChI is InChI=1S/C12H13N3S/c1-2-4-11-10(3-1)13-7-12(15-11)14-9-5-6-16-8-9/h1-4,7,9H,5-6,8H2,(H,14,15). The van der Waals surface area contributed by atoms with E-state index in [4.69, 9.17) is 0 Å². The number of nitrogens with one attached hydrogen (secondary N) is 1. The molecule has 1 aromatic carbocycles. The Kier molecular flexibility index (Phi) is 2.66. The third kappa shape index (κ3) is 1.97. The van der Waals surface area contributed by atoms with Crippen molar-refractivity contribution in [1.29, 1.82) is 0 Å². The third-order valence-electron chi connectivity index (χ3n) is 2.73. The van der Waals surface area contributed by atoms with Gasteiger partial charge in [0, 0.05) is 11.8 Å². The van der Waals surface area contributed by atoms with Gasteiger partial charge in [0.25, 0.3) is 0 Å². The molecule has 1 saturated heterocycles. The van der Waals surface area contributed by atoms with Crippen LogP contribution in [0.4, 0.5) is 5.82 Å². The van der Waals surface area contributed by atoms with Crippen molar-refractivity contribution in [2.75, 3.05) is 16.8 Å². The Morgan fingerprint density at radius 1 is 1.25 bits per heavy atom. The summed E-state index contributed by atoms with van der Waals surface area (Å²) >= 11 is 1.99. The molecule has 82 valence electrons. The number of para-hydroxylation sites is 2. The van der Waals surface area contributed by atoms with Gasteiger partial charge in [-0.25, -0.2) is 4.98 Å². The number of rotatable bonds is 2. The van der Waals surface area contributed by atoms with Gasteiger partial charge in [0.15, 0.2) is 0 Å². The molecule has 2 aromatic rings. The summed E-state index contributed by atoms with van der Waals surface area (Å²) in [5.74, 6) is 3.32. The van der Waals surface area contributed by atoms with Crippen molar-refractivity contribution in [3.63, 3.8) is 0 Å². The highest BCUT2D eigenvalue weighted by Crippen LogP contribution is 2.21. The van der Waals surface area contributed by atoms with Gasteiger partial charge in [0.2, 0.25) is 0 Å². The van der Waals surface area contributed by atoms with Crippen LogP contribution >= 0.6 is 11.8 Å². The number of anilines is 1. The number of benzene rings is 1. The highest BCUT2D eigenvalue weighted by Gasteiger charge is 2.15. The van der Waals surface area contributed by atoms with Crippen molar-refractivity contribution in [3.05, 3.63) is 30.5 Å².